The number of hydrogen-bond acceptors (Lipinski definition) is 2. The maximum absolute atomic E-state index is 13.4. The molecular weight excluding hydrogens is 283 g/mol. The first kappa shape index (κ1) is 14.9. The zero-order chi connectivity index (χ0) is 15.4. The fourth-order valence-corrected chi connectivity index (χ4v) is 1.66. The lowest BCUT2D eigenvalue weighted by Crippen LogP contribution is -2.12. The molecule has 0 saturated carbocycles. The number of rotatable bonds is 4. The first-order valence-corrected chi connectivity index (χ1v) is 6.08. The number of carbonyl (C=O) groups is 1. The van der Waals surface area contributed by atoms with Crippen molar-refractivity contribution in [3.05, 3.63) is 59.4 Å². The van der Waals surface area contributed by atoms with Crippen molar-refractivity contribution in [3.63, 3.8) is 0 Å². The van der Waals surface area contributed by atoms with Gasteiger partial charge in [0, 0.05) is 11.3 Å². The van der Waals surface area contributed by atoms with Crippen molar-refractivity contribution in [1.29, 1.82) is 0 Å². The molecule has 6 heteroatoms. The van der Waals surface area contributed by atoms with Gasteiger partial charge in [-0.15, -0.1) is 0 Å². The van der Waals surface area contributed by atoms with E-state index in [1.54, 1.807) is 6.92 Å². The van der Waals surface area contributed by atoms with Crippen LogP contribution in [0.15, 0.2) is 42.5 Å². The van der Waals surface area contributed by atoms with Crippen LogP contribution in [0.2, 0.25) is 0 Å². The predicted molar refractivity (Wildman–Crippen MR) is 72.2 cm³/mol. The third kappa shape index (κ3) is 3.98. The quantitative estimate of drug-likeness (QED) is 0.926. The molecule has 0 aromatic heterocycles. The van der Waals surface area contributed by atoms with E-state index in [4.69, 9.17) is 0 Å². The van der Waals surface area contributed by atoms with Crippen LogP contribution in [-0.4, -0.2) is 12.5 Å². The number of anilines is 1. The molecule has 0 aliphatic carbocycles. The molecule has 1 N–H and O–H groups in total. The molecule has 0 unspecified atom stereocenters. The van der Waals surface area contributed by atoms with Gasteiger partial charge in [0.05, 0.1) is 0 Å². The number of hydrogen-bond donors (Lipinski definition) is 1. The summed E-state index contributed by atoms with van der Waals surface area (Å²) in [6.45, 7) is -1.31. The first-order valence-electron chi connectivity index (χ1n) is 6.08. The summed E-state index contributed by atoms with van der Waals surface area (Å²) in [5.74, 6) is -0.968. The summed E-state index contributed by atoms with van der Waals surface area (Å²) in [6.07, 6.45) is 0. The molecule has 3 nitrogen and oxygen atoms in total. The van der Waals surface area contributed by atoms with Gasteiger partial charge in [-0.2, -0.15) is 8.78 Å². The van der Waals surface area contributed by atoms with E-state index in [1.165, 1.54) is 36.4 Å². The number of halogens is 3. The van der Waals surface area contributed by atoms with Crippen LogP contribution in [0.4, 0.5) is 18.9 Å². The molecule has 0 aliphatic heterocycles. The van der Waals surface area contributed by atoms with Crippen LogP contribution in [0, 0.1) is 12.7 Å². The molecule has 2 rings (SSSR count). The molecule has 0 radical (unpaired) electrons. The summed E-state index contributed by atoms with van der Waals surface area (Å²) in [4.78, 5) is 11.9. The van der Waals surface area contributed by atoms with E-state index in [2.05, 4.69) is 10.1 Å². The third-order valence-electron chi connectivity index (χ3n) is 2.77. The van der Waals surface area contributed by atoms with E-state index in [0.29, 0.717) is 11.3 Å². The van der Waals surface area contributed by atoms with E-state index in [9.17, 15) is 18.0 Å². The lowest BCUT2D eigenvalue weighted by Gasteiger charge is -2.08. The minimum Gasteiger partial charge on any atom is -0.435 e. The van der Waals surface area contributed by atoms with E-state index < -0.39 is 18.3 Å². The van der Waals surface area contributed by atoms with Crippen LogP contribution in [0.3, 0.4) is 0 Å². The van der Waals surface area contributed by atoms with Gasteiger partial charge in [0.1, 0.15) is 11.6 Å². The zero-order valence-electron chi connectivity index (χ0n) is 11.1. The smallest absolute Gasteiger partial charge is 0.387 e. The van der Waals surface area contributed by atoms with E-state index >= 15 is 0 Å². The number of carbonyl (C=O) groups excluding carboxylic acids is 1. The molecule has 0 saturated heterocycles. The summed E-state index contributed by atoms with van der Waals surface area (Å²) in [5.41, 5.74) is 1.01. The molecule has 2 aromatic rings. The average Bonchev–Trinajstić information content (AvgIpc) is 2.43. The van der Waals surface area contributed by atoms with Crippen molar-refractivity contribution in [2.24, 2.45) is 0 Å². The van der Waals surface area contributed by atoms with Gasteiger partial charge in [-0.3, -0.25) is 4.79 Å². The largest absolute Gasteiger partial charge is 0.435 e. The maximum Gasteiger partial charge on any atom is 0.387 e. The molecule has 110 valence electrons. The van der Waals surface area contributed by atoms with Crippen molar-refractivity contribution < 1.29 is 22.7 Å². The molecule has 0 atom stereocenters. The SMILES string of the molecule is Cc1ccc(C(=O)Nc2ccc(OC(F)F)cc2)cc1F. The van der Waals surface area contributed by atoms with Crippen LogP contribution >= 0.6 is 0 Å². The number of amides is 1. The zero-order valence-corrected chi connectivity index (χ0v) is 11.1. The average molecular weight is 295 g/mol. The summed E-state index contributed by atoms with van der Waals surface area (Å²) in [7, 11) is 0. The Bertz CT molecular complexity index is 642. The van der Waals surface area contributed by atoms with Crippen molar-refractivity contribution >= 4 is 11.6 Å². The van der Waals surface area contributed by atoms with Crippen LogP contribution in [0.5, 0.6) is 5.75 Å². The van der Waals surface area contributed by atoms with Crippen molar-refractivity contribution in [1.82, 2.24) is 0 Å². The predicted octanol–water partition coefficient (Wildman–Crippen LogP) is 3.99. The van der Waals surface area contributed by atoms with Crippen LogP contribution in [-0.2, 0) is 0 Å². The maximum atomic E-state index is 13.4. The Morgan fingerprint density at radius 2 is 1.81 bits per heavy atom. The first-order chi connectivity index (χ1) is 9.95. The van der Waals surface area contributed by atoms with Crippen molar-refractivity contribution in [2.75, 3.05) is 5.32 Å². The second-order valence-electron chi connectivity index (χ2n) is 4.32. The highest BCUT2D eigenvalue weighted by atomic mass is 19.3. The lowest BCUT2D eigenvalue weighted by atomic mass is 10.1. The highest BCUT2D eigenvalue weighted by Gasteiger charge is 2.09. The van der Waals surface area contributed by atoms with E-state index in [-0.39, 0.29) is 11.3 Å². The fourth-order valence-electron chi connectivity index (χ4n) is 1.66. The van der Waals surface area contributed by atoms with E-state index in [0.717, 1.165) is 6.07 Å². The molecule has 0 fully saturated rings. The minimum atomic E-state index is -2.90. The summed E-state index contributed by atoms with van der Waals surface area (Å²) in [5, 5.41) is 2.54. The Balaban J connectivity index is 2.06. The van der Waals surface area contributed by atoms with Gasteiger partial charge in [0.15, 0.2) is 0 Å². The second kappa shape index (κ2) is 6.30. The fraction of sp³-hybridized carbons (Fsp3) is 0.133. The van der Waals surface area contributed by atoms with Crippen LogP contribution in [0.1, 0.15) is 15.9 Å². The van der Waals surface area contributed by atoms with Gasteiger partial charge in [0.2, 0.25) is 0 Å². The molecule has 0 bridgehead atoms. The lowest BCUT2D eigenvalue weighted by molar-refractivity contribution is -0.0498. The number of ether oxygens (including phenoxy) is 1. The standard InChI is InChI=1S/C15H12F3NO2/c1-9-2-3-10(8-13(9)16)14(20)19-11-4-6-12(7-5-11)21-15(17)18/h2-8,15H,1H3,(H,19,20). The van der Waals surface area contributed by atoms with Crippen molar-refractivity contribution in [3.8, 4) is 5.75 Å². The molecule has 21 heavy (non-hydrogen) atoms. The van der Waals surface area contributed by atoms with Gasteiger partial charge in [-0.25, -0.2) is 4.39 Å². The monoisotopic (exact) mass is 295 g/mol. The number of benzene rings is 2. The van der Waals surface area contributed by atoms with Crippen molar-refractivity contribution in [2.45, 2.75) is 13.5 Å². The Kier molecular flexibility index (Phi) is 4.47. The minimum absolute atomic E-state index is 0.00983. The Labute approximate surface area is 119 Å². The Morgan fingerprint density at radius 3 is 2.38 bits per heavy atom. The number of aryl methyl sites for hydroxylation is 1. The normalized spacial score (nSPS) is 10.5. The number of nitrogens with one attached hydrogen (secondary N) is 1. The molecule has 0 aliphatic rings. The molecule has 0 spiro atoms. The van der Waals surface area contributed by atoms with Gasteiger partial charge < -0.3 is 10.1 Å². The molecule has 2 aromatic carbocycles. The summed E-state index contributed by atoms with van der Waals surface area (Å²) < 4.78 is 41.6. The number of alkyl halides is 2. The molecular formula is C15H12F3NO2. The molecule has 0 heterocycles. The second-order valence-corrected chi connectivity index (χ2v) is 4.32. The van der Waals surface area contributed by atoms with Gasteiger partial charge >= 0.3 is 6.61 Å². The van der Waals surface area contributed by atoms with Gasteiger partial charge in [0.25, 0.3) is 5.91 Å². The highest BCUT2D eigenvalue weighted by molar-refractivity contribution is 6.04. The van der Waals surface area contributed by atoms with Gasteiger partial charge in [-0.1, -0.05) is 6.07 Å². The summed E-state index contributed by atoms with van der Waals surface area (Å²) >= 11 is 0. The topological polar surface area (TPSA) is 38.3 Å². The molecule has 1 amide bonds. The Morgan fingerprint density at radius 1 is 1.14 bits per heavy atom. The van der Waals surface area contributed by atoms with Crippen LogP contribution < -0.4 is 10.1 Å². The summed E-state index contributed by atoms with van der Waals surface area (Å²) in [6, 6.07) is 9.58. The van der Waals surface area contributed by atoms with Crippen LogP contribution in [0.25, 0.3) is 0 Å². The Hall–Kier alpha value is -2.50. The third-order valence-corrected chi connectivity index (χ3v) is 2.77. The van der Waals surface area contributed by atoms with E-state index in [1.807, 2.05) is 0 Å². The highest BCUT2D eigenvalue weighted by Crippen LogP contribution is 2.18. The van der Waals surface area contributed by atoms with Gasteiger partial charge in [-0.05, 0) is 48.9 Å².